The molecule has 0 saturated carbocycles. The van der Waals surface area contributed by atoms with Crippen molar-refractivity contribution in [2.24, 2.45) is 5.14 Å². The Bertz CT molecular complexity index is 1490. The lowest BCUT2D eigenvalue weighted by molar-refractivity contribution is 0.100. The molecule has 218 valence electrons. The van der Waals surface area contributed by atoms with Crippen molar-refractivity contribution >= 4 is 43.9 Å². The Morgan fingerprint density at radius 2 is 1.57 bits per heavy atom. The number of hydrogen-bond donors (Lipinski definition) is 2. The summed E-state index contributed by atoms with van der Waals surface area (Å²) in [5.74, 6) is -0.00818. The van der Waals surface area contributed by atoms with Gasteiger partial charge in [-0.05, 0) is 53.5 Å². The molecule has 0 spiro atoms. The minimum Gasteiger partial charge on any atom is -0.508 e. The predicted molar refractivity (Wildman–Crippen MR) is 164 cm³/mol. The topological polar surface area (TPSA) is 137 Å². The molecule has 2 aromatic carbocycles. The Hall–Kier alpha value is -3.60. The number of Topliss-reactive ketones (excluding diaryl/α,β-unsaturated/α-hetero) is 1. The number of carbonyl (C=O) groups excluding carboxylic acids is 1. The van der Waals surface area contributed by atoms with Crippen molar-refractivity contribution in [2.45, 2.75) is 66.3 Å². The highest BCUT2D eigenvalue weighted by Gasteiger charge is 2.25. The molecule has 1 heterocycles. The average molecular weight is 589 g/mol. The second kappa shape index (κ2) is 17.9. The van der Waals surface area contributed by atoms with Crippen molar-refractivity contribution in [2.75, 3.05) is 0 Å². The van der Waals surface area contributed by atoms with Crippen LogP contribution in [-0.2, 0) is 28.1 Å². The summed E-state index contributed by atoms with van der Waals surface area (Å²) in [6.07, 6.45) is 6.56. The Balaban J connectivity index is 0.00000153. The zero-order chi connectivity index (χ0) is 31.0. The third kappa shape index (κ3) is 9.25. The summed E-state index contributed by atoms with van der Waals surface area (Å²) in [7, 11) is -3.78. The van der Waals surface area contributed by atoms with Crippen molar-refractivity contribution in [1.82, 2.24) is 4.57 Å². The molecule has 0 amide bonds. The zero-order valence-electron chi connectivity index (χ0n) is 24.2. The number of benzene rings is 2. The monoisotopic (exact) mass is 588 g/mol. The summed E-state index contributed by atoms with van der Waals surface area (Å²) < 4.78 is 41.6. The van der Waals surface area contributed by atoms with Crippen molar-refractivity contribution in [3.63, 3.8) is 0 Å². The van der Waals surface area contributed by atoms with E-state index in [0.29, 0.717) is 18.7 Å². The summed E-state index contributed by atoms with van der Waals surface area (Å²) in [6, 6.07) is 11.3. The molecule has 10 heteroatoms. The van der Waals surface area contributed by atoms with Crippen molar-refractivity contribution in [3.8, 4) is 5.75 Å². The number of nitrogens with zero attached hydrogens (tertiary/aromatic N) is 1. The van der Waals surface area contributed by atoms with E-state index in [1.165, 1.54) is 19.1 Å². The van der Waals surface area contributed by atoms with Crippen LogP contribution in [0.25, 0.3) is 16.5 Å². The number of phenols is 1. The van der Waals surface area contributed by atoms with E-state index >= 15 is 0 Å². The molecular formula is C30H40N2O6S2. The second-order valence-electron chi connectivity index (χ2n) is 7.64. The van der Waals surface area contributed by atoms with Crippen LogP contribution in [0.5, 0.6) is 5.75 Å². The average Bonchev–Trinajstić information content (AvgIpc) is 3.25. The van der Waals surface area contributed by atoms with Crippen LogP contribution >= 0.6 is 0 Å². The lowest BCUT2D eigenvalue weighted by atomic mass is 9.90. The highest BCUT2D eigenvalue weighted by Crippen LogP contribution is 2.39. The first kappa shape index (κ1) is 36.4. The number of carbonyl (C=O) groups is 1. The van der Waals surface area contributed by atoms with Gasteiger partial charge in [-0.15, -0.1) is 0 Å². The standard InChI is InChI=1S/C24H22N2O4S.3C2H6.O2S/c1-15-5-3-4-6-20(15)23-21-13-18(28)9-12-22(21)26(24(23)16(2)27)14-17-7-10-19(11-8-17)31(25,29)30;3*1-2;1-3-2/h3-4,6-13,28H,1,5,14H2,2H3,(H2,25,29,30);3*1-2H3;. The van der Waals surface area contributed by atoms with E-state index in [1.807, 2.05) is 64.3 Å². The summed E-state index contributed by atoms with van der Waals surface area (Å²) in [5, 5.41) is 16.1. The Labute approximate surface area is 241 Å². The highest BCUT2D eigenvalue weighted by atomic mass is 32.2. The quantitative estimate of drug-likeness (QED) is 0.324. The molecule has 0 atom stereocenters. The van der Waals surface area contributed by atoms with E-state index in [0.717, 1.165) is 33.2 Å². The molecule has 40 heavy (non-hydrogen) atoms. The maximum absolute atomic E-state index is 12.8. The molecule has 3 aromatic rings. The molecule has 3 N–H and O–H groups in total. The van der Waals surface area contributed by atoms with Gasteiger partial charge in [-0.25, -0.2) is 13.6 Å². The largest absolute Gasteiger partial charge is 0.508 e. The van der Waals surface area contributed by atoms with E-state index in [9.17, 15) is 18.3 Å². The zero-order valence-corrected chi connectivity index (χ0v) is 25.9. The fourth-order valence-electron chi connectivity index (χ4n) is 3.98. The number of sulfonamides is 1. The number of phenolic OH excluding ortho intramolecular Hbond substituents is 1. The number of aromatic nitrogens is 1. The smallest absolute Gasteiger partial charge is 0.335 e. The summed E-state index contributed by atoms with van der Waals surface area (Å²) in [4.78, 5) is 12.8. The van der Waals surface area contributed by atoms with Gasteiger partial charge >= 0.3 is 11.6 Å². The third-order valence-corrected chi connectivity index (χ3v) is 6.32. The van der Waals surface area contributed by atoms with Gasteiger partial charge in [-0.3, -0.25) is 4.79 Å². The van der Waals surface area contributed by atoms with Crippen LogP contribution in [0.1, 0.15) is 76.5 Å². The molecule has 0 radical (unpaired) electrons. The molecule has 0 bridgehead atoms. The Morgan fingerprint density at radius 3 is 2.05 bits per heavy atom. The van der Waals surface area contributed by atoms with E-state index in [-0.39, 0.29) is 16.4 Å². The molecule has 1 aliphatic carbocycles. The molecule has 0 unspecified atom stereocenters. The third-order valence-electron chi connectivity index (χ3n) is 5.39. The van der Waals surface area contributed by atoms with Crippen LogP contribution in [0, 0.1) is 0 Å². The number of fused-ring (bicyclic) bond motifs is 1. The highest BCUT2D eigenvalue weighted by molar-refractivity contribution is 7.89. The maximum atomic E-state index is 12.8. The Morgan fingerprint density at radius 1 is 1.02 bits per heavy atom. The number of nitrogens with two attached hydrogens (primary N) is 1. The van der Waals surface area contributed by atoms with Gasteiger partial charge in [0.25, 0.3) is 0 Å². The molecule has 0 fully saturated rings. The van der Waals surface area contributed by atoms with Gasteiger partial charge in [-0.1, -0.05) is 78.5 Å². The lowest BCUT2D eigenvalue weighted by Gasteiger charge is -2.15. The lowest BCUT2D eigenvalue weighted by Crippen LogP contribution is -2.13. The number of allylic oxidation sites excluding steroid dienone is 5. The van der Waals surface area contributed by atoms with Gasteiger partial charge in [0.05, 0.1) is 10.6 Å². The first-order valence-electron chi connectivity index (χ1n) is 13.0. The van der Waals surface area contributed by atoms with Gasteiger partial charge in [0.15, 0.2) is 5.78 Å². The van der Waals surface area contributed by atoms with Gasteiger partial charge in [0.1, 0.15) is 5.75 Å². The molecule has 1 aromatic heterocycles. The number of hydrogen-bond acceptors (Lipinski definition) is 6. The van der Waals surface area contributed by atoms with Gasteiger partial charge in [0, 0.05) is 29.9 Å². The van der Waals surface area contributed by atoms with Crippen molar-refractivity contribution in [3.05, 3.63) is 89.7 Å². The van der Waals surface area contributed by atoms with Gasteiger partial charge in [-0.2, -0.15) is 8.42 Å². The van der Waals surface area contributed by atoms with Crippen molar-refractivity contribution < 1.29 is 26.7 Å². The SMILES string of the molecule is C=C1CC=CC=C1c1c(C(C)=O)n(Cc2ccc(S(N)(=O)=O)cc2)c2ccc(O)cc12.CC.CC.CC.O=S=O. The molecule has 0 saturated heterocycles. The molecule has 4 rings (SSSR count). The predicted octanol–water partition coefficient (Wildman–Crippen LogP) is 6.55. The van der Waals surface area contributed by atoms with Crippen LogP contribution in [0.2, 0.25) is 0 Å². The number of aromatic hydroxyl groups is 1. The van der Waals surface area contributed by atoms with E-state index in [4.69, 9.17) is 13.6 Å². The minimum absolute atomic E-state index is 0.0291. The fraction of sp³-hybridized carbons (Fsp3) is 0.300. The van der Waals surface area contributed by atoms with Crippen LogP contribution in [0.3, 0.4) is 0 Å². The van der Waals surface area contributed by atoms with E-state index < -0.39 is 21.6 Å². The summed E-state index contributed by atoms with van der Waals surface area (Å²) >= 11 is -0.750. The second-order valence-corrected chi connectivity index (χ2v) is 9.34. The normalized spacial score (nSPS) is 11.7. The van der Waals surface area contributed by atoms with Crippen LogP contribution in [0.15, 0.2) is 77.7 Å². The van der Waals surface area contributed by atoms with Crippen LogP contribution in [-0.4, -0.2) is 32.3 Å². The van der Waals surface area contributed by atoms with E-state index in [1.54, 1.807) is 30.3 Å². The molecule has 0 aliphatic heterocycles. The first-order chi connectivity index (χ1) is 19.1. The Kier molecular flexibility index (Phi) is 16.3. The molecule has 1 aliphatic rings. The number of primary sulfonamides is 1. The van der Waals surface area contributed by atoms with Crippen LogP contribution in [0.4, 0.5) is 0 Å². The van der Waals surface area contributed by atoms with Crippen LogP contribution < -0.4 is 5.14 Å². The minimum atomic E-state index is -3.78. The van der Waals surface area contributed by atoms with Crippen molar-refractivity contribution in [1.29, 1.82) is 0 Å². The summed E-state index contributed by atoms with van der Waals surface area (Å²) in [6.45, 7) is 18.0. The summed E-state index contributed by atoms with van der Waals surface area (Å²) in [5.41, 5.74) is 4.61. The maximum Gasteiger partial charge on any atom is 0.335 e. The van der Waals surface area contributed by atoms with Gasteiger partial charge in [0.2, 0.25) is 10.0 Å². The fourth-order valence-corrected chi connectivity index (χ4v) is 4.49. The van der Waals surface area contributed by atoms with E-state index in [2.05, 4.69) is 6.58 Å². The first-order valence-corrected chi connectivity index (χ1v) is 15.2. The number of ketones is 1. The molecular weight excluding hydrogens is 548 g/mol. The number of rotatable bonds is 5. The molecule has 8 nitrogen and oxygen atoms in total. The van der Waals surface area contributed by atoms with Gasteiger partial charge < -0.3 is 9.67 Å².